The number of rotatable bonds is 6. The lowest BCUT2D eigenvalue weighted by Gasteiger charge is -2.15. The molecule has 0 radical (unpaired) electrons. The first-order valence-electron chi connectivity index (χ1n) is 7.65. The summed E-state index contributed by atoms with van der Waals surface area (Å²) in [4.78, 5) is 48.1. The van der Waals surface area contributed by atoms with Crippen molar-refractivity contribution in [1.29, 1.82) is 0 Å². The van der Waals surface area contributed by atoms with E-state index >= 15 is 0 Å². The minimum Gasteiger partial charge on any atom is -0.464 e. The molecule has 0 saturated carbocycles. The monoisotopic (exact) mass is 347 g/mol. The van der Waals surface area contributed by atoms with Gasteiger partial charge in [-0.05, 0) is 26.0 Å². The number of para-hydroxylation sites is 1. The number of ether oxygens (including phenoxy) is 2. The zero-order valence-electron chi connectivity index (χ0n) is 13.7. The van der Waals surface area contributed by atoms with Gasteiger partial charge in [-0.1, -0.05) is 12.1 Å². The number of fused-ring (bicyclic) bond motifs is 1. The molecule has 8 heteroatoms. The largest absolute Gasteiger partial charge is 0.464 e. The van der Waals surface area contributed by atoms with Crippen LogP contribution in [0.15, 0.2) is 39.5 Å². The number of carbonyl (C=O) groups excluding carboxylic acids is 3. The van der Waals surface area contributed by atoms with Crippen molar-refractivity contribution >= 4 is 28.8 Å². The van der Waals surface area contributed by atoms with E-state index in [1.807, 2.05) is 0 Å². The Kier molecular flexibility index (Phi) is 5.89. The maximum absolute atomic E-state index is 12.3. The van der Waals surface area contributed by atoms with Gasteiger partial charge in [0.2, 0.25) is 6.04 Å². The predicted molar refractivity (Wildman–Crippen MR) is 87.0 cm³/mol. The van der Waals surface area contributed by atoms with Crippen LogP contribution in [-0.4, -0.2) is 37.1 Å². The molecule has 0 fully saturated rings. The Hall–Kier alpha value is -3.16. The lowest BCUT2D eigenvalue weighted by molar-refractivity contribution is -0.157. The molecule has 0 bridgehead atoms. The van der Waals surface area contributed by atoms with Crippen molar-refractivity contribution in [2.75, 3.05) is 13.2 Å². The molecular formula is C17H17NO7. The second kappa shape index (κ2) is 8.09. The highest BCUT2D eigenvalue weighted by Crippen LogP contribution is 2.12. The maximum Gasteiger partial charge on any atom is 0.340 e. The summed E-state index contributed by atoms with van der Waals surface area (Å²) in [6.45, 7) is 3.17. The van der Waals surface area contributed by atoms with E-state index in [4.69, 9.17) is 13.9 Å². The Morgan fingerprint density at radius 3 is 2.28 bits per heavy atom. The van der Waals surface area contributed by atoms with Crippen LogP contribution in [-0.2, 0) is 19.1 Å². The first-order chi connectivity index (χ1) is 12.0. The molecule has 0 aliphatic heterocycles. The van der Waals surface area contributed by atoms with Crippen molar-refractivity contribution in [3.8, 4) is 0 Å². The lowest BCUT2D eigenvalue weighted by Crippen LogP contribution is -2.48. The van der Waals surface area contributed by atoms with E-state index in [0.29, 0.717) is 5.39 Å². The number of hydrogen-bond donors (Lipinski definition) is 1. The van der Waals surface area contributed by atoms with E-state index in [1.165, 1.54) is 6.07 Å². The van der Waals surface area contributed by atoms with Crippen LogP contribution in [0.5, 0.6) is 0 Å². The van der Waals surface area contributed by atoms with Crippen LogP contribution in [0.2, 0.25) is 0 Å². The van der Waals surface area contributed by atoms with Crippen LogP contribution >= 0.6 is 0 Å². The molecule has 2 rings (SSSR count). The van der Waals surface area contributed by atoms with Crippen molar-refractivity contribution < 1.29 is 28.3 Å². The van der Waals surface area contributed by atoms with E-state index in [-0.39, 0.29) is 24.6 Å². The minimum absolute atomic E-state index is 0.0235. The fourth-order valence-electron chi connectivity index (χ4n) is 2.08. The molecule has 132 valence electrons. The van der Waals surface area contributed by atoms with E-state index < -0.39 is 29.3 Å². The maximum atomic E-state index is 12.3. The molecule has 0 aliphatic carbocycles. The zero-order chi connectivity index (χ0) is 18.4. The van der Waals surface area contributed by atoms with Crippen LogP contribution in [0.25, 0.3) is 11.0 Å². The van der Waals surface area contributed by atoms with E-state index in [0.717, 1.165) is 6.07 Å². The average Bonchev–Trinajstić information content (AvgIpc) is 2.59. The Morgan fingerprint density at radius 2 is 1.68 bits per heavy atom. The fourth-order valence-corrected chi connectivity index (χ4v) is 2.08. The predicted octanol–water partition coefficient (Wildman–Crippen LogP) is 1.02. The Labute approximate surface area is 142 Å². The molecule has 0 spiro atoms. The van der Waals surface area contributed by atoms with Crippen molar-refractivity contribution in [1.82, 2.24) is 5.32 Å². The van der Waals surface area contributed by atoms with Crippen LogP contribution in [0.1, 0.15) is 24.4 Å². The molecule has 0 unspecified atom stereocenters. The fraction of sp³-hybridized carbons (Fsp3) is 0.294. The minimum atomic E-state index is -1.65. The highest BCUT2D eigenvalue weighted by Gasteiger charge is 2.32. The molecule has 0 saturated heterocycles. The summed E-state index contributed by atoms with van der Waals surface area (Å²) in [6.07, 6.45) is 0. The lowest BCUT2D eigenvalue weighted by atomic mass is 10.2. The van der Waals surface area contributed by atoms with Gasteiger partial charge in [-0.2, -0.15) is 0 Å². The average molecular weight is 347 g/mol. The molecule has 0 aliphatic rings. The van der Waals surface area contributed by atoms with Gasteiger partial charge in [0.05, 0.1) is 18.6 Å². The van der Waals surface area contributed by atoms with E-state index in [2.05, 4.69) is 5.32 Å². The van der Waals surface area contributed by atoms with E-state index in [9.17, 15) is 19.2 Å². The van der Waals surface area contributed by atoms with Crippen LogP contribution in [0.3, 0.4) is 0 Å². The molecule has 1 amide bonds. The van der Waals surface area contributed by atoms with Gasteiger partial charge in [0.1, 0.15) is 5.58 Å². The number of nitrogens with one attached hydrogen (secondary N) is 1. The van der Waals surface area contributed by atoms with Gasteiger partial charge in [-0.25, -0.2) is 9.59 Å². The molecule has 1 N–H and O–H groups in total. The molecule has 25 heavy (non-hydrogen) atoms. The van der Waals surface area contributed by atoms with Crippen LogP contribution in [0.4, 0.5) is 0 Å². The van der Waals surface area contributed by atoms with Gasteiger partial charge >= 0.3 is 11.9 Å². The summed E-state index contributed by atoms with van der Waals surface area (Å²) in [5.41, 5.74) is -0.209. The van der Waals surface area contributed by atoms with Crippen molar-refractivity contribution in [2.45, 2.75) is 19.9 Å². The summed E-state index contributed by atoms with van der Waals surface area (Å²) in [7, 11) is 0. The first-order valence-corrected chi connectivity index (χ1v) is 7.65. The standard InChI is InChI=1S/C17H17NO7/c1-3-23-16(21)14(17(22)24-4-2)18-15(20)13-9-11(19)10-7-5-6-8-12(10)25-13/h5-9,14H,3-4H2,1-2H3,(H,18,20). The van der Waals surface area contributed by atoms with Crippen molar-refractivity contribution in [3.63, 3.8) is 0 Å². The molecule has 1 aromatic heterocycles. The highest BCUT2D eigenvalue weighted by atomic mass is 16.6. The summed E-state index contributed by atoms with van der Waals surface area (Å²) < 4.78 is 14.9. The Bertz CT molecular complexity index is 837. The van der Waals surface area contributed by atoms with Gasteiger partial charge in [-0.3, -0.25) is 9.59 Å². The van der Waals surface area contributed by atoms with Crippen molar-refractivity contribution in [3.05, 3.63) is 46.3 Å². The normalized spacial score (nSPS) is 10.5. The number of hydrogen-bond acceptors (Lipinski definition) is 7. The zero-order valence-corrected chi connectivity index (χ0v) is 13.7. The third-order valence-electron chi connectivity index (χ3n) is 3.18. The van der Waals surface area contributed by atoms with Gasteiger partial charge in [0.15, 0.2) is 11.2 Å². The summed E-state index contributed by atoms with van der Waals surface area (Å²) in [5, 5.41) is 2.49. The Balaban J connectivity index is 2.30. The quantitative estimate of drug-likeness (QED) is 0.613. The summed E-state index contributed by atoms with van der Waals surface area (Å²) in [6, 6.07) is 5.74. The molecule has 1 aromatic carbocycles. The highest BCUT2D eigenvalue weighted by molar-refractivity contribution is 6.05. The summed E-state index contributed by atoms with van der Waals surface area (Å²) in [5.74, 6) is -3.16. The smallest absolute Gasteiger partial charge is 0.340 e. The molecule has 0 atom stereocenters. The third-order valence-corrected chi connectivity index (χ3v) is 3.18. The topological polar surface area (TPSA) is 112 Å². The Morgan fingerprint density at radius 1 is 1.08 bits per heavy atom. The number of benzene rings is 1. The van der Waals surface area contributed by atoms with Crippen LogP contribution in [0, 0.1) is 0 Å². The number of esters is 2. The molecule has 1 heterocycles. The molecule has 8 nitrogen and oxygen atoms in total. The molecule has 2 aromatic rings. The second-order valence-electron chi connectivity index (χ2n) is 4.88. The van der Waals surface area contributed by atoms with Gasteiger partial charge in [-0.15, -0.1) is 0 Å². The number of amides is 1. The van der Waals surface area contributed by atoms with E-state index in [1.54, 1.807) is 32.0 Å². The van der Waals surface area contributed by atoms with Crippen molar-refractivity contribution in [2.24, 2.45) is 0 Å². The SMILES string of the molecule is CCOC(=O)C(NC(=O)c1cc(=O)c2ccccc2o1)C(=O)OCC. The summed E-state index contributed by atoms with van der Waals surface area (Å²) >= 11 is 0. The van der Waals surface area contributed by atoms with Gasteiger partial charge in [0, 0.05) is 6.07 Å². The third kappa shape index (κ3) is 4.23. The van der Waals surface area contributed by atoms with Gasteiger partial charge in [0.25, 0.3) is 5.91 Å². The first kappa shape index (κ1) is 18.2. The number of carbonyl (C=O) groups is 3. The second-order valence-corrected chi connectivity index (χ2v) is 4.88. The molecular weight excluding hydrogens is 330 g/mol. The van der Waals surface area contributed by atoms with Crippen LogP contribution < -0.4 is 10.7 Å². The van der Waals surface area contributed by atoms with Gasteiger partial charge < -0.3 is 19.2 Å².